The number of benzene rings is 1. The molecule has 0 aliphatic heterocycles. The van der Waals surface area contributed by atoms with Crippen LogP contribution >= 0.6 is 0 Å². The lowest BCUT2D eigenvalue weighted by Gasteiger charge is -2.28. The number of nitrogens with one attached hydrogen (secondary N) is 1. The van der Waals surface area contributed by atoms with Crippen LogP contribution < -0.4 is 4.72 Å². The Hall–Kier alpha value is -0.780. The molecular formula is C9H11FNO2S-. The smallest absolute Gasteiger partial charge is 0.128 e. The van der Waals surface area contributed by atoms with Gasteiger partial charge in [0.2, 0.25) is 0 Å². The van der Waals surface area contributed by atoms with Gasteiger partial charge in [-0.15, -0.1) is 0 Å². The van der Waals surface area contributed by atoms with Crippen molar-refractivity contribution in [2.45, 2.75) is 19.4 Å². The van der Waals surface area contributed by atoms with Crippen molar-refractivity contribution in [1.82, 2.24) is 4.72 Å². The molecule has 0 spiro atoms. The topological polar surface area (TPSA) is 52.2 Å². The standard InChI is InChI=1S/C9H12FNO2S/c1-9(2,11-14(12)13)7-5-3-4-6-8(7)10/h3-6,11H,1-2H3,(H,12,13)/p-1. The van der Waals surface area contributed by atoms with E-state index in [9.17, 15) is 13.2 Å². The van der Waals surface area contributed by atoms with E-state index in [0.29, 0.717) is 5.56 Å². The molecular weight excluding hydrogens is 205 g/mol. The van der Waals surface area contributed by atoms with Gasteiger partial charge in [-0.3, -0.25) is 4.21 Å². The average Bonchev–Trinajstić information content (AvgIpc) is 2.02. The number of halogens is 1. The summed E-state index contributed by atoms with van der Waals surface area (Å²) in [5, 5.41) is 0. The average molecular weight is 216 g/mol. The molecule has 1 atom stereocenters. The summed E-state index contributed by atoms with van der Waals surface area (Å²) < 4.78 is 36.5. The van der Waals surface area contributed by atoms with E-state index in [4.69, 9.17) is 0 Å². The van der Waals surface area contributed by atoms with Gasteiger partial charge in [0.25, 0.3) is 0 Å². The van der Waals surface area contributed by atoms with E-state index < -0.39 is 22.6 Å². The Kier molecular flexibility index (Phi) is 3.36. The van der Waals surface area contributed by atoms with E-state index in [1.54, 1.807) is 32.0 Å². The Labute approximate surface area is 84.8 Å². The van der Waals surface area contributed by atoms with Gasteiger partial charge in [0.1, 0.15) is 5.82 Å². The molecule has 1 aromatic rings. The van der Waals surface area contributed by atoms with Crippen LogP contribution in [-0.4, -0.2) is 8.76 Å². The fourth-order valence-electron chi connectivity index (χ4n) is 1.23. The fraction of sp³-hybridized carbons (Fsp3) is 0.333. The summed E-state index contributed by atoms with van der Waals surface area (Å²) in [7, 11) is 0. The molecule has 1 rings (SSSR count). The van der Waals surface area contributed by atoms with Crippen molar-refractivity contribution in [1.29, 1.82) is 0 Å². The van der Waals surface area contributed by atoms with Crippen molar-refractivity contribution >= 4 is 11.3 Å². The fourth-order valence-corrected chi connectivity index (χ4v) is 1.76. The van der Waals surface area contributed by atoms with Crippen LogP contribution in [0.2, 0.25) is 0 Å². The molecule has 1 N–H and O–H groups in total. The quantitative estimate of drug-likeness (QED) is 0.777. The maximum atomic E-state index is 13.3. The van der Waals surface area contributed by atoms with E-state index in [2.05, 4.69) is 4.72 Å². The van der Waals surface area contributed by atoms with Gasteiger partial charge >= 0.3 is 0 Å². The molecule has 0 saturated heterocycles. The highest BCUT2D eigenvalue weighted by Crippen LogP contribution is 2.22. The van der Waals surface area contributed by atoms with Crippen molar-refractivity contribution in [3.8, 4) is 0 Å². The van der Waals surface area contributed by atoms with Gasteiger partial charge in [0.15, 0.2) is 0 Å². The molecule has 0 fully saturated rings. The molecule has 0 aliphatic rings. The van der Waals surface area contributed by atoms with Gasteiger partial charge in [0.05, 0.1) is 5.54 Å². The molecule has 1 unspecified atom stereocenters. The largest absolute Gasteiger partial charge is 0.760 e. The van der Waals surface area contributed by atoms with Crippen molar-refractivity contribution in [3.63, 3.8) is 0 Å². The van der Waals surface area contributed by atoms with Gasteiger partial charge < -0.3 is 4.55 Å². The summed E-state index contributed by atoms with van der Waals surface area (Å²) in [5.41, 5.74) is -0.609. The molecule has 0 aliphatic carbocycles. The van der Waals surface area contributed by atoms with Crippen LogP contribution in [0.15, 0.2) is 24.3 Å². The first-order chi connectivity index (χ1) is 6.43. The molecule has 78 valence electrons. The Morgan fingerprint density at radius 1 is 1.43 bits per heavy atom. The monoisotopic (exact) mass is 216 g/mol. The summed E-state index contributed by atoms with van der Waals surface area (Å²) in [6.45, 7) is 3.20. The van der Waals surface area contributed by atoms with Crippen molar-refractivity contribution < 1.29 is 13.2 Å². The van der Waals surface area contributed by atoms with Crippen LogP contribution in [0.1, 0.15) is 19.4 Å². The zero-order chi connectivity index (χ0) is 10.8. The summed E-state index contributed by atoms with van der Waals surface area (Å²) >= 11 is -2.41. The van der Waals surface area contributed by atoms with E-state index in [1.165, 1.54) is 6.07 Å². The first-order valence-electron chi connectivity index (χ1n) is 4.05. The predicted octanol–water partition coefficient (Wildman–Crippen LogP) is 1.44. The zero-order valence-corrected chi connectivity index (χ0v) is 8.73. The van der Waals surface area contributed by atoms with Crippen LogP contribution in [0.25, 0.3) is 0 Å². The maximum Gasteiger partial charge on any atom is 0.128 e. The minimum Gasteiger partial charge on any atom is -0.760 e. The summed E-state index contributed by atoms with van der Waals surface area (Å²) in [4.78, 5) is 0. The number of rotatable bonds is 3. The van der Waals surface area contributed by atoms with E-state index in [1.807, 2.05) is 0 Å². The summed E-state index contributed by atoms with van der Waals surface area (Å²) in [6.07, 6.45) is 0. The molecule has 1 aromatic carbocycles. The molecule has 0 radical (unpaired) electrons. The second kappa shape index (κ2) is 4.16. The minimum atomic E-state index is -2.41. The third kappa shape index (κ3) is 2.60. The van der Waals surface area contributed by atoms with Gasteiger partial charge in [-0.05, 0) is 19.9 Å². The SMILES string of the molecule is CC(C)(NS(=O)[O-])c1ccccc1F. The lowest BCUT2D eigenvalue weighted by atomic mass is 9.95. The normalized spacial score (nSPS) is 14.0. The highest BCUT2D eigenvalue weighted by atomic mass is 32.2. The highest BCUT2D eigenvalue weighted by Gasteiger charge is 2.23. The molecule has 0 bridgehead atoms. The van der Waals surface area contributed by atoms with Crippen LogP contribution in [0, 0.1) is 5.82 Å². The second-order valence-corrected chi connectivity index (χ2v) is 4.12. The van der Waals surface area contributed by atoms with Gasteiger partial charge in [-0.1, -0.05) is 18.2 Å². The molecule has 0 aromatic heterocycles. The number of hydrogen-bond donors (Lipinski definition) is 1. The minimum absolute atomic E-state index is 0.323. The molecule has 5 heteroatoms. The summed E-state index contributed by atoms with van der Waals surface area (Å²) in [5.74, 6) is -0.421. The Balaban J connectivity index is 3.03. The molecule has 0 heterocycles. The Bertz CT molecular complexity index is 354. The lowest BCUT2D eigenvalue weighted by Crippen LogP contribution is -2.38. The van der Waals surface area contributed by atoms with Gasteiger partial charge in [0, 0.05) is 16.8 Å². The number of hydrogen-bond acceptors (Lipinski definition) is 2. The van der Waals surface area contributed by atoms with Crippen LogP contribution in [0.5, 0.6) is 0 Å². The van der Waals surface area contributed by atoms with E-state index in [-0.39, 0.29) is 0 Å². The second-order valence-electron chi connectivity index (χ2n) is 3.44. The van der Waals surface area contributed by atoms with E-state index >= 15 is 0 Å². The maximum absolute atomic E-state index is 13.3. The van der Waals surface area contributed by atoms with Crippen LogP contribution in [0.3, 0.4) is 0 Å². The molecule has 0 amide bonds. The van der Waals surface area contributed by atoms with Crippen molar-refractivity contribution in [2.75, 3.05) is 0 Å². The first-order valence-corrected chi connectivity index (χ1v) is 5.13. The molecule has 14 heavy (non-hydrogen) atoms. The molecule has 3 nitrogen and oxygen atoms in total. The summed E-state index contributed by atoms with van der Waals surface area (Å²) in [6, 6.07) is 6.07. The Morgan fingerprint density at radius 2 is 2.00 bits per heavy atom. The highest BCUT2D eigenvalue weighted by molar-refractivity contribution is 7.77. The predicted molar refractivity (Wildman–Crippen MR) is 51.5 cm³/mol. The van der Waals surface area contributed by atoms with E-state index in [0.717, 1.165) is 0 Å². The lowest BCUT2D eigenvalue weighted by molar-refractivity contribution is 0.431. The zero-order valence-electron chi connectivity index (χ0n) is 7.91. The first kappa shape index (κ1) is 11.3. The van der Waals surface area contributed by atoms with Gasteiger partial charge in [-0.2, -0.15) is 0 Å². The molecule has 0 saturated carbocycles. The van der Waals surface area contributed by atoms with Crippen LogP contribution in [-0.2, 0) is 16.8 Å². The van der Waals surface area contributed by atoms with Crippen molar-refractivity contribution in [2.24, 2.45) is 0 Å². The Morgan fingerprint density at radius 3 is 2.50 bits per heavy atom. The third-order valence-electron chi connectivity index (χ3n) is 1.89. The van der Waals surface area contributed by atoms with Crippen molar-refractivity contribution in [3.05, 3.63) is 35.6 Å². The van der Waals surface area contributed by atoms with Gasteiger partial charge in [-0.25, -0.2) is 9.11 Å². The third-order valence-corrected chi connectivity index (χ3v) is 2.56. The van der Waals surface area contributed by atoms with Crippen LogP contribution in [0.4, 0.5) is 4.39 Å².